The van der Waals surface area contributed by atoms with Crippen molar-refractivity contribution in [3.63, 3.8) is 0 Å². The van der Waals surface area contributed by atoms with Gasteiger partial charge in [0.25, 0.3) is 0 Å². The predicted octanol–water partition coefficient (Wildman–Crippen LogP) is 3.61. The van der Waals surface area contributed by atoms with Gasteiger partial charge in [-0.15, -0.1) is 16.7 Å². The fraction of sp³-hybridized carbons (Fsp3) is 0.583. The summed E-state index contributed by atoms with van der Waals surface area (Å²) in [6, 6.07) is 0. The quantitative estimate of drug-likeness (QED) is 0.788. The Hall–Kier alpha value is -1.06. The number of aromatic amines is 1. The third-order valence-corrected chi connectivity index (χ3v) is 4.62. The van der Waals surface area contributed by atoms with Crippen molar-refractivity contribution in [1.82, 2.24) is 15.7 Å². The van der Waals surface area contributed by atoms with E-state index < -0.39 is 22.7 Å². The highest BCUT2D eigenvalue weighted by molar-refractivity contribution is 8.03. The lowest BCUT2D eigenvalue weighted by Gasteiger charge is -2.15. The van der Waals surface area contributed by atoms with Crippen LogP contribution in [-0.4, -0.2) is 28.8 Å². The molecule has 0 saturated carbocycles. The van der Waals surface area contributed by atoms with Gasteiger partial charge < -0.3 is 4.74 Å². The first-order chi connectivity index (χ1) is 10.2. The highest BCUT2D eigenvalue weighted by Crippen LogP contribution is 2.45. The van der Waals surface area contributed by atoms with E-state index >= 15 is 0 Å². The van der Waals surface area contributed by atoms with Crippen LogP contribution in [0.25, 0.3) is 0 Å². The third-order valence-electron chi connectivity index (χ3n) is 3.04. The van der Waals surface area contributed by atoms with E-state index in [-0.39, 0.29) is 17.3 Å². The molecule has 0 saturated heterocycles. The summed E-state index contributed by atoms with van der Waals surface area (Å²) in [5.41, 5.74) is 1.04. The van der Waals surface area contributed by atoms with E-state index in [9.17, 15) is 13.2 Å². The number of H-pyrrole nitrogens is 1. The van der Waals surface area contributed by atoms with Crippen molar-refractivity contribution in [3.8, 4) is 5.88 Å². The van der Waals surface area contributed by atoms with Gasteiger partial charge in [-0.25, -0.2) is 0 Å². The van der Waals surface area contributed by atoms with Crippen LogP contribution < -0.4 is 10.2 Å². The highest BCUT2D eigenvalue weighted by atomic mass is 35.5. The summed E-state index contributed by atoms with van der Waals surface area (Å²) in [5.74, 6) is 0.147. The number of thioether (sulfide) groups is 1. The van der Waals surface area contributed by atoms with Crippen LogP contribution in [0.1, 0.15) is 30.4 Å². The summed E-state index contributed by atoms with van der Waals surface area (Å²) in [5, 5.41) is 5.59. The smallest absolute Gasteiger partial charge is 0.433 e. The molecular formula is C12H15ClF3N3O2S. The Morgan fingerprint density at radius 1 is 1.55 bits per heavy atom. The Morgan fingerprint density at radius 2 is 2.23 bits per heavy atom. The molecule has 1 aliphatic rings. The Labute approximate surface area is 134 Å². The van der Waals surface area contributed by atoms with E-state index in [1.54, 1.807) is 19.9 Å². The number of alkyl halides is 4. The largest absolute Gasteiger partial charge is 0.480 e. The summed E-state index contributed by atoms with van der Waals surface area (Å²) in [4.78, 5) is 5.30. The topological polar surface area (TPSA) is 59.2 Å². The lowest BCUT2D eigenvalue weighted by Crippen LogP contribution is -2.27. The average molecular weight is 358 g/mol. The van der Waals surface area contributed by atoms with Crippen molar-refractivity contribution in [2.45, 2.75) is 30.9 Å². The number of nitrogens with zero attached hydrogens (tertiary/aromatic N) is 1. The molecule has 2 unspecified atom stereocenters. The van der Waals surface area contributed by atoms with Gasteiger partial charge in [0, 0.05) is 5.25 Å². The summed E-state index contributed by atoms with van der Waals surface area (Å²) < 4.78 is 44.0. The maximum absolute atomic E-state index is 13.0. The van der Waals surface area contributed by atoms with Crippen LogP contribution in [0.5, 0.6) is 5.88 Å². The number of hydrogen-bond acceptors (Lipinski definition) is 5. The first-order valence-electron chi connectivity index (χ1n) is 6.29. The van der Waals surface area contributed by atoms with Crippen LogP contribution in [0, 0.1) is 0 Å². The zero-order valence-corrected chi connectivity index (χ0v) is 13.6. The molecule has 5 nitrogen and oxygen atoms in total. The zero-order chi connectivity index (χ0) is 16.5. The van der Waals surface area contributed by atoms with Gasteiger partial charge >= 0.3 is 6.18 Å². The van der Waals surface area contributed by atoms with Gasteiger partial charge in [-0.05, 0) is 19.9 Å². The molecule has 2 atom stereocenters. The number of rotatable bonds is 5. The van der Waals surface area contributed by atoms with Gasteiger partial charge in [-0.1, -0.05) is 11.8 Å². The number of aromatic nitrogens is 2. The van der Waals surface area contributed by atoms with Crippen LogP contribution in [0.2, 0.25) is 0 Å². The van der Waals surface area contributed by atoms with Crippen molar-refractivity contribution < 1.29 is 22.7 Å². The average Bonchev–Trinajstić information content (AvgIpc) is 3.02. The van der Waals surface area contributed by atoms with Crippen molar-refractivity contribution in [1.29, 1.82) is 0 Å². The summed E-state index contributed by atoms with van der Waals surface area (Å²) in [6.07, 6.45) is -2.80. The minimum Gasteiger partial charge on any atom is -0.480 e. The minimum absolute atomic E-state index is 0.0397. The Bertz CT molecular complexity index is 578. The van der Waals surface area contributed by atoms with Gasteiger partial charge in [-0.3, -0.25) is 15.4 Å². The van der Waals surface area contributed by atoms with Crippen LogP contribution in [0.3, 0.4) is 0 Å². The number of hydrogen-bond donors (Lipinski definition) is 2. The third kappa shape index (κ3) is 3.47. The maximum Gasteiger partial charge on any atom is 0.433 e. The number of ether oxygens (including phenoxy) is 1. The van der Waals surface area contributed by atoms with Crippen LogP contribution in [0.15, 0.2) is 11.1 Å². The van der Waals surface area contributed by atoms with Gasteiger partial charge in [0.15, 0.2) is 0 Å². The molecule has 2 rings (SSSR count). The molecule has 0 aromatic carbocycles. The summed E-state index contributed by atoms with van der Waals surface area (Å²) in [7, 11) is 1.28. The molecule has 0 amide bonds. The number of halogens is 4. The predicted molar refractivity (Wildman–Crippen MR) is 77.6 cm³/mol. The fourth-order valence-corrected chi connectivity index (χ4v) is 3.22. The van der Waals surface area contributed by atoms with Gasteiger partial charge in [0.05, 0.1) is 23.6 Å². The molecule has 124 valence electrons. The number of nitrogens with one attached hydrogen (secondary N) is 2. The number of methoxy groups -OCH3 is 1. The van der Waals surface area contributed by atoms with Crippen LogP contribution >= 0.6 is 23.4 Å². The molecule has 1 aromatic heterocycles. The van der Waals surface area contributed by atoms with Crippen molar-refractivity contribution in [2.75, 3.05) is 13.0 Å². The van der Waals surface area contributed by atoms with E-state index in [1.807, 2.05) is 5.10 Å². The summed E-state index contributed by atoms with van der Waals surface area (Å²) >= 11 is 6.95. The molecule has 2 heterocycles. The normalized spacial score (nSPS) is 23.1. The van der Waals surface area contributed by atoms with E-state index in [1.165, 1.54) is 18.9 Å². The van der Waals surface area contributed by atoms with Gasteiger partial charge in [0.2, 0.25) is 5.88 Å². The highest BCUT2D eigenvalue weighted by Gasteiger charge is 2.40. The van der Waals surface area contributed by atoms with Gasteiger partial charge in [0.1, 0.15) is 11.3 Å². The molecule has 10 heteroatoms. The molecule has 1 aliphatic heterocycles. The van der Waals surface area contributed by atoms with Gasteiger partial charge in [-0.2, -0.15) is 13.2 Å². The van der Waals surface area contributed by atoms with Crippen molar-refractivity contribution in [3.05, 3.63) is 22.4 Å². The SMILES string of the molecule is COc1n[nH]c(C(F)(F)F)c1C(C)SC1=CC(C)(CCl)ON1. The van der Waals surface area contributed by atoms with Crippen LogP contribution in [0.4, 0.5) is 13.2 Å². The molecule has 0 spiro atoms. The Kier molecular flexibility index (Phi) is 4.88. The van der Waals surface area contributed by atoms with E-state index in [2.05, 4.69) is 10.6 Å². The molecule has 22 heavy (non-hydrogen) atoms. The Morgan fingerprint density at radius 3 is 2.73 bits per heavy atom. The van der Waals surface area contributed by atoms with Crippen molar-refractivity contribution >= 4 is 23.4 Å². The molecule has 2 N–H and O–H groups in total. The lowest BCUT2D eigenvalue weighted by molar-refractivity contribution is -0.141. The molecular weight excluding hydrogens is 343 g/mol. The second-order valence-electron chi connectivity index (χ2n) is 4.94. The first-order valence-corrected chi connectivity index (χ1v) is 7.70. The second kappa shape index (κ2) is 6.21. The fourth-order valence-electron chi connectivity index (χ4n) is 1.96. The molecule has 0 aliphatic carbocycles. The van der Waals surface area contributed by atoms with Crippen molar-refractivity contribution in [2.24, 2.45) is 0 Å². The standard InChI is InChI=1S/C12H15ClF3N3O2S/c1-6(22-7-4-11(2,5-13)21-19-7)8-9(12(14,15)16)17-18-10(8)20-3/h4,6,19H,5H2,1-3H3,(H,17,18). The number of hydroxylamine groups is 1. The summed E-state index contributed by atoms with van der Waals surface area (Å²) in [6.45, 7) is 3.40. The minimum atomic E-state index is -4.54. The van der Waals surface area contributed by atoms with E-state index in [0.29, 0.717) is 5.03 Å². The second-order valence-corrected chi connectivity index (χ2v) is 6.59. The van der Waals surface area contributed by atoms with E-state index in [4.69, 9.17) is 21.2 Å². The monoisotopic (exact) mass is 357 g/mol. The lowest BCUT2D eigenvalue weighted by atomic mass is 10.1. The van der Waals surface area contributed by atoms with Crippen LogP contribution in [-0.2, 0) is 11.0 Å². The first kappa shape index (κ1) is 17.3. The maximum atomic E-state index is 13.0. The molecule has 0 bridgehead atoms. The molecule has 0 fully saturated rings. The molecule has 0 radical (unpaired) electrons. The van der Waals surface area contributed by atoms with E-state index in [0.717, 1.165) is 0 Å². The Balaban J connectivity index is 2.25. The zero-order valence-electron chi connectivity index (χ0n) is 12.0. The molecule has 1 aromatic rings.